The van der Waals surface area contributed by atoms with Crippen molar-refractivity contribution < 1.29 is 13.9 Å². The summed E-state index contributed by atoms with van der Waals surface area (Å²) in [5, 5.41) is 23.2. The van der Waals surface area contributed by atoms with Crippen molar-refractivity contribution in [1.82, 2.24) is 25.1 Å². The first-order valence-electron chi connectivity index (χ1n) is 15.6. The number of aromatic amines is 1. The van der Waals surface area contributed by atoms with E-state index in [1.165, 1.54) is 17.3 Å². The highest BCUT2D eigenvalue weighted by molar-refractivity contribution is 7.23. The molecule has 3 aromatic heterocycles. The van der Waals surface area contributed by atoms with Gasteiger partial charge >= 0.3 is 6.01 Å². The minimum atomic E-state index is -0.441. The van der Waals surface area contributed by atoms with Crippen LogP contribution in [0.5, 0.6) is 6.01 Å². The van der Waals surface area contributed by atoms with Crippen LogP contribution in [0.1, 0.15) is 59.3 Å². The number of nitrogens with zero attached hydrogens (tertiary/aromatic N) is 5. The molecule has 5 aromatic rings. The third-order valence-corrected chi connectivity index (χ3v) is 11.0. The number of hydrogen-bond donors (Lipinski definition) is 3. The number of thiophene rings is 1. The first kappa shape index (κ1) is 29.4. The summed E-state index contributed by atoms with van der Waals surface area (Å²) < 4.78 is 27.6. The Morgan fingerprint density at radius 3 is 2.87 bits per heavy atom. The number of halogens is 2. The molecule has 1 atom stereocenters. The van der Waals surface area contributed by atoms with Gasteiger partial charge in [0.25, 0.3) is 0 Å². The Morgan fingerprint density at radius 1 is 1.20 bits per heavy atom. The van der Waals surface area contributed by atoms with E-state index in [9.17, 15) is 5.26 Å². The van der Waals surface area contributed by atoms with Crippen molar-refractivity contribution >= 4 is 54.7 Å². The lowest BCUT2D eigenvalue weighted by Crippen LogP contribution is -2.31. The van der Waals surface area contributed by atoms with Crippen LogP contribution in [-0.4, -0.2) is 51.3 Å². The average molecular weight is 659 g/mol. The van der Waals surface area contributed by atoms with Crippen LogP contribution in [0.25, 0.3) is 32.1 Å². The average Bonchev–Trinajstić information content (AvgIpc) is 3.86. The van der Waals surface area contributed by atoms with Gasteiger partial charge in [0, 0.05) is 22.7 Å². The molecule has 0 saturated carbocycles. The van der Waals surface area contributed by atoms with E-state index in [2.05, 4.69) is 33.5 Å². The number of benzene rings is 2. The van der Waals surface area contributed by atoms with Crippen molar-refractivity contribution in [1.29, 1.82) is 5.26 Å². The number of aryl methyl sites for hydroxylation is 1. The molecule has 46 heavy (non-hydrogen) atoms. The monoisotopic (exact) mass is 658 g/mol. The molecule has 5 heterocycles. The third-order valence-electron chi connectivity index (χ3n) is 9.62. The fourth-order valence-electron chi connectivity index (χ4n) is 7.22. The highest BCUT2D eigenvalue weighted by atomic mass is 35.5. The first-order valence-corrected chi connectivity index (χ1v) is 16.8. The van der Waals surface area contributed by atoms with Gasteiger partial charge in [0.15, 0.2) is 0 Å². The van der Waals surface area contributed by atoms with E-state index in [4.69, 9.17) is 36.8 Å². The number of anilines is 2. The summed E-state index contributed by atoms with van der Waals surface area (Å²) in [6.07, 6.45) is 6.48. The van der Waals surface area contributed by atoms with Crippen LogP contribution in [0.3, 0.4) is 0 Å². The van der Waals surface area contributed by atoms with Crippen LogP contribution in [0.2, 0.25) is 5.02 Å². The summed E-state index contributed by atoms with van der Waals surface area (Å²) in [6, 6.07) is 5.71. The topological polar surface area (TPSA) is 138 Å². The van der Waals surface area contributed by atoms with Crippen LogP contribution in [-0.2, 0) is 37.3 Å². The second kappa shape index (κ2) is 11.7. The molecule has 1 unspecified atom stereocenters. The van der Waals surface area contributed by atoms with E-state index < -0.39 is 5.82 Å². The largest absolute Gasteiger partial charge is 0.462 e. The Morgan fingerprint density at radius 2 is 2.04 bits per heavy atom. The molecule has 1 saturated heterocycles. The standard InChI is InChI=1S/C33H32ClFN8O2S/c1-43-10-4-5-16(43)13-45-33-39-29-27(32(40-33)38-12-24-17-6-2-3-7-23(17)41-42-24)21-15-44-14-20(21)25(28(29)34)18-8-9-22(35)30-26(18)19(11-36)31(37)46-30/h8-9,16H,2-7,10,12-15,37H2,1H3,(H,41,42)(H,38,39,40). The Balaban J connectivity index is 1.30. The van der Waals surface area contributed by atoms with Crippen molar-refractivity contribution in [3.63, 3.8) is 0 Å². The molecular weight excluding hydrogens is 627 g/mol. The summed E-state index contributed by atoms with van der Waals surface area (Å²) in [4.78, 5) is 12.1. The van der Waals surface area contributed by atoms with Gasteiger partial charge in [0.2, 0.25) is 0 Å². The second-order valence-corrected chi connectivity index (χ2v) is 13.7. The maximum absolute atomic E-state index is 15.0. The van der Waals surface area contributed by atoms with Crippen molar-refractivity contribution in [3.05, 3.63) is 56.6 Å². The molecule has 0 bridgehead atoms. The SMILES string of the molecule is CN1CCCC1COc1nc(NCc2n[nH]c3c2CCCC3)c2c3c(c(-c4ccc(F)c5sc(N)c(C#N)c45)c(Cl)c2n1)COC3. The highest BCUT2D eigenvalue weighted by Crippen LogP contribution is 2.49. The molecule has 13 heteroatoms. The smallest absolute Gasteiger partial charge is 0.319 e. The van der Waals surface area contributed by atoms with Gasteiger partial charge in [-0.05, 0) is 80.4 Å². The van der Waals surface area contributed by atoms with Gasteiger partial charge in [0.1, 0.15) is 29.3 Å². The molecule has 2 aromatic carbocycles. The number of likely N-dealkylation sites (tertiary alicyclic amines) is 1. The van der Waals surface area contributed by atoms with Crippen molar-refractivity contribution in [2.45, 2.75) is 64.3 Å². The highest BCUT2D eigenvalue weighted by Gasteiger charge is 2.31. The number of hydrogen-bond acceptors (Lipinski definition) is 10. The summed E-state index contributed by atoms with van der Waals surface area (Å²) >= 11 is 8.39. The Labute approximate surface area is 273 Å². The lowest BCUT2D eigenvalue weighted by molar-refractivity contribution is 0.135. The fraction of sp³-hybridized carbons (Fsp3) is 0.394. The van der Waals surface area contributed by atoms with Gasteiger partial charge < -0.3 is 25.4 Å². The van der Waals surface area contributed by atoms with Gasteiger partial charge in [-0.15, -0.1) is 11.3 Å². The molecule has 3 aliphatic rings. The zero-order valence-corrected chi connectivity index (χ0v) is 26.9. The van der Waals surface area contributed by atoms with E-state index in [1.807, 2.05) is 0 Å². The Bertz CT molecular complexity index is 2070. The van der Waals surface area contributed by atoms with E-state index in [0.29, 0.717) is 63.9 Å². The minimum Gasteiger partial charge on any atom is -0.462 e. The van der Waals surface area contributed by atoms with E-state index in [1.54, 1.807) is 6.07 Å². The number of aromatic nitrogens is 4. The molecule has 10 nitrogen and oxygen atoms in total. The van der Waals surface area contributed by atoms with E-state index in [0.717, 1.165) is 78.6 Å². The number of fused-ring (bicyclic) bond motifs is 5. The molecule has 0 radical (unpaired) electrons. The Kier molecular flexibility index (Phi) is 7.44. The molecule has 1 aliphatic carbocycles. The fourth-order valence-corrected chi connectivity index (χ4v) is 8.52. The number of nitrogens with two attached hydrogens (primary N) is 1. The number of H-pyrrole nitrogens is 1. The Hall–Kier alpha value is -4.02. The number of nitriles is 1. The maximum atomic E-state index is 15.0. The summed E-state index contributed by atoms with van der Waals surface area (Å²) in [5.41, 5.74) is 13.4. The zero-order valence-electron chi connectivity index (χ0n) is 25.3. The van der Waals surface area contributed by atoms with Crippen LogP contribution < -0.4 is 15.8 Å². The number of ether oxygens (including phenoxy) is 2. The number of likely N-dealkylation sites (N-methyl/N-ethyl adjacent to an activating group) is 1. The van der Waals surface area contributed by atoms with Crippen molar-refractivity contribution in [3.8, 4) is 23.2 Å². The predicted octanol–water partition coefficient (Wildman–Crippen LogP) is 6.48. The second-order valence-electron chi connectivity index (χ2n) is 12.2. The van der Waals surface area contributed by atoms with Gasteiger partial charge in [-0.2, -0.15) is 20.3 Å². The summed E-state index contributed by atoms with van der Waals surface area (Å²) in [5.74, 6) is 0.146. The van der Waals surface area contributed by atoms with Crippen molar-refractivity contribution in [2.75, 3.05) is 31.2 Å². The van der Waals surface area contributed by atoms with E-state index >= 15 is 4.39 Å². The maximum Gasteiger partial charge on any atom is 0.319 e. The van der Waals surface area contributed by atoms with Crippen LogP contribution in [0.4, 0.5) is 15.2 Å². The quantitative estimate of drug-likeness (QED) is 0.179. The molecular formula is C33H32ClFN8O2S. The third kappa shape index (κ3) is 4.76. The molecule has 0 spiro atoms. The molecule has 8 rings (SSSR count). The van der Waals surface area contributed by atoms with E-state index in [-0.39, 0.29) is 22.6 Å². The van der Waals surface area contributed by atoms with Gasteiger partial charge in [0.05, 0.1) is 51.6 Å². The zero-order chi connectivity index (χ0) is 31.5. The number of nitrogens with one attached hydrogen (secondary N) is 2. The number of nitrogen functional groups attached to an aromatic ring is 1. The first-order chi connectivity index (χ1) is 22.4. The normalized spacial score (nSPS) is 17.8. The van der Waals surface area contributed by atoms with Gasteiger partial charge in [-0.1, -0.05) is 17.7 Å². The lowest BCUT2D eigenvalue weighted by atomic mass is 9.91. The predicted molar refractivity (Wildman–Crippen MR) is 177 cm³/mol. The van der Waals surface area contributed by atoms with Crippen LogP contribution >= 0.6 is 22.9 Å². The molecule has 4 N–H and O–H groups in total. The van der Waals surface area contributed by atoms with Crippen molar-refractivity contribution in [2.24, 2.45) is 0 Å². The summed E-state index contributed by atoms with van der Waals surface area (Å²) in [6.45, 7) is 2.55. The number of rotatable bonds is 7. The molecule has 236 valence electrons. The minimum absolute atomic E-state index is 0.216. The lowest BCUT2D eigenvalue weighted by Gasteiger charge is -2.21. The summed E-state index contributed by atoms with van der Waals surface area (Å²) in [7, 11) is 2.10. The molecule has 1 fully saturated rings. The van der Waals surface area contributed by atoms with Gasteiger partial charge in [-0.3, -0.25) is 5.10 Å². The molecule has 2 aliphatic heterocycles. The van der Waals surface area contributed by atoms with Crippen LogP contribution in [0, 0.1) is 17.1 Å². The van der Waals surface area contributed by atoms with Gasteiger partial charge in [-0.25, -0.2) is 4.39 Å². The molecule has 0 amide bonds. The van der Waals surface area contributed by atoms with Crippen LogP contribution in [0.15, 0.2) is 12.1 Å².